The van der Waals surface area contributed by atoms with Crippen molar-refractivity contribution in [1.82, 2.24) is 15.5 Å². The third-order valence-corrected chi connectivity index (χ3v) is 9.99. The van der Waals surface area contributed by atoms with Crippen LogP contribution in [0, 0.1) is 5.92 Å². The molecule has 2 rings (SSSR count). The minimum atomic E-state index is -4.82. The molecule has 1 aromatic carbocycles. The van der Waals surface area contributed by atoms with Gasteiger partial charge in [0.25, 0.3) is 0 Å². The number of carbonyl (C=O) groups is 4. The minimum Gasteiger partial charge on any atom is -0.481 e. The molecule has 0 saturated heterocycles. The van der Waals surface area contributed by atoms with Crippen molar-refractivity contribution < 1.29 is 46.7 Å². The number of hydrogen-bond donors (Lipinski definition) is 3. The van der Waals surface area contributed by atoms with Crippen molar-refractivity contribution in [3.63, 3.8) is 0 Å². The number of carbonyl (C=O) groups excluding carboxylic acids is 3. The number of halogens is 2. The number of likely N-dealkylation sites (N-methyl/N-ethyl adjacent to an activating group) is 1. The Morgan fingerprint density at radius 3 is 2.16 bits per heavy atom. The highest BCUT2D eigenvalue weighted by Gasteiger charge is 2.54. The molecule has 1 saturated carbocycles. The first kappa shape index (κ1) is 38.3. The van der Waals surface area contributed by atoms with Gasteiger partial charge in [-0.15, -0.1) is 0 Å². The minimum absolute atomic E-state index is 0.122. The van der Waals surface area contributed by atoms with Crippen LogP contribution in [-0.2, 0) is 44.9 Å². The summed E-state index contributed by atoms with van der Waals surface area (Å²) < 4.78 is 52.7. The van der Waals surface area contributed by atoms with Crippen molar-refractivity contribution in [1.29, 1.82) is 0 Å². The first-order valence-electron chi connectivity index (χ1n) is 15.6. The second-order valence-corrected chi connectivity index (χ2v) is 13.5. The van der Waals surface area contributed by atoms with Crippen LogP contribution in [0.5, 0.6) is 0 Å². The van der Waals surface area contributed by atoms with Gasteiger partial charge in [0.15, 0.2) is 0 Å². The van der Waals surface area contributed by atoms with Crippen LogP contribution in [0.4, 0.5) is 8.78 Å². The maximum Gasteiger partial charge on any atom is 0.404 e. The Morgan fingerprint density at radius 1 is 1.02 bits per heavy atom. The van der Waals surface area contributed by atoms with Crippen LogP contribution < -0.4 is 10.6 Å². The van der Waals surface area contributed by atoms with Crippen LogP contribution >= 0.6 is 7.60 Å². The van der Waals surface area contributed by atoms with Crippen molar-refractivity contribution in [2.45, 2.75) is 103 Å². The molecule has 2 atom stereocenters. The lowest BCUT2D eigenvalue weighted by molar-refractivity contribution is -0.139. The molecule has 254 valence electrons. The average Bonchev–Trinajstić information content (AvgIpc) is 2.99. The number of nitrogens with one attached hydrogen (secondary N) is 2. The number of rotatable bonds is 19. The predicted octanol–water partition coefficient (Wildman–Crippen LogP) is 5.22. The molecule has 0 spiro atoms. The molecule has 0 aliphatic heterocycles. The Balaban J connectivity index is 2.15. The van der Waals surface area contributed by atoms with E-state index in [1.165, 1.54) is 69.9 Å². The average molecular weight is 660 g/mol. The maximum absolute atomic E-state index is 15.1. The van der Waals surface area contributed by atoms with Crippen LogP contribution in [0.3, 0.4) is 0 Å². The lowest BCUT2D eigenvalue weighted by atomic mass is 9.86. The van der Waals surface area contributed by atoms with E-state index in [1.807, 2.05) is 0 Å². The van der Waals surface area contributed by atoms with E-state index in [2.05, 4.69) is 10.6 Å². The number of benzene rings is 1. The van der Waals surface area contributed by atoms with Gasteiger partial charge in [-0.3, -0.25) is 23.7 Å². The van der Waals surface area contributed by atoms with Gasteiger partial charge in [-0.1, -0.05) is 56.4 Å². The molecular weight excluding hydrogens is 611 g/mol. The SMILES string of the molecule is CCOP(=O)(OCC)C(F)(F)c1ccc(C[C@H](NC(C)=O)C(=O)N[C@@H](CCC(=O)O)C(=O)N(C)CCCC2CCCCC2)cc1. The Bertz CT molecular complexity index is 1170. The normalized spacial score (nSPS) is 15.6. The summed E-state index contributed by atoms with van der Waals surface area (Å²) in [6.45, 7) is 4.02. The molecule has 3 N–H and O–H groups in total. The standard InChI is InChI=1S/C31H48F2N3O8P/c1-5-43-45(42,44-6-2)31(32,33)25-16-14-24(15-17-25)21-27(34-22(3)37)29(40)35-26(18-19-28(38)39)30(41)36(4)20-10-13-23-11-8-7-9-12-23/h14-17,23,26-27H,5-13,18-21H2,1-4H3,(H,34,37)(H,35,40)(H,38,39)/t26-,27-/m0/s1. The van der Waals surface area contributed by atoms with E-state index in [0.29, 0.717) is 18.0 Å². The largest absolute Gasteiger partial charge is 0.481 e. The molecule has 1 fully saturated rings. The zero-order chi connectivity index (χ0) is 33.6. The van der Waals surface area contributed by atoms with Gasteiger partial charge in [0, 0.05) is 38.9 Å². The molecule has 3 amide bonds. The Kier molecular flexibility index (Phi) is 15.6. The number of carboxylic acid groups (broad SMARTS) is 1. The summed E-state index contributed by atoms with van der Waals surface area (Å²) >= 11 is 0. The fraction of sp³-hybridized carbons (Fsp3) is 0.677. The summed E-state index contributed by atoms with van der Waals surface area (Å²) in [6, 6.07) is 2.37. The van der Waals surface area contributed by atoms with Crippen molar-refractivity contribution in [3.05, 3.63) is 35.4 Å². The van der Waals surface area contributed by atoms with E-state index < -0.39 is 54.6 Å². The fourth-order valence-corrected chi connectivity index (χ4v) is 7.04. The molecule has 0 aromatic heterocycles. The molecule has 11 nitrogen and oxygen atoms in total. The number of hydrogen-bond acceptors (Lipinski definition) is 7. The molecule has 0 heterocycles. The molecule has 1 aliphatic rings. The Labute approximate surface area is 264 Å². The van der Waals surface area contributed by atoms with Gasteiger partial charge >= 0.3 is 19.2 Å². The molecule has 0 bridgehead atoms. The number of carboxylic acids is 1. The van der Waals surface area contributed by atoms with Crippen molar-refractivity contribution in [2.24, 2.45) is 5.92 Å². The molecule has 0 unspecified atom stereocenters. The summed E-state index contributed by atoms with van der Waals surface area (Å²) in [4.78, 5) is 51.4. The molecular formula is C31H48F2N3O8P. The summed E-state index contributed by atoms with van der Waals surface area (Å²) in [5.41, 5.74) is -4.16. The van der Waals surface area contributed by atoms with Gasteiger partial charge in [0.05, 0.1) is 13.2 Å². The smallest absolute Gasteiger partial charge is 0.404 e. The summed E-state index contributed by atoms with van der Waals surface area (Å²) in [6.07, 6.45) is 7.23. The predicted molar refractivity (Wildman–Crippen MR) is 165 cm³/mol. The molecule has 45 heavy (non-hydrogen) atoms. The van der Waals surface area contributed by atoms with E-state index >= 15 is 8.78 Å². The molecule has 0 radical (unpaired) electrons. The monoisotopic (exact) mass is 659 g/mol. The Morgan fingerprint density at radius 2 is 1.62 bits per heavy atom. The second kappa shape index (κ2) is 18.3. The van der Waals surface area contributed by atoms with Crippen LogP contribution in [0.25, 0.3) is 0 Å². The maximum atomic E-state index is 15.1. The van der Waals surface area contributed by atoms with Gasteiger partial charge < -0.3 is 29.7 Å². The summed E-state index contributed by atoms with van der Waals surface area (Å²) in [5.74, 6) is -2.19. The third kappa shape index (κ3) is 11.8. The first-order chi connectivity index (χ1) is 21.2. The van der Waals surface area contributed by atoms with Crippen molar-refractivity contribution in [3.8, 4) is 0 Å². The molecule has 1 aliphatic carbocycles. The number of nitrogens with zero attached hydrogens (tertiary/aromatic N) is 1. The zero-order valence-corrected chi connectivity index (χ0v) is 27.6. The summed E-state index contributed by atoms with van der Waals surface area (Å²) in [7, 11) is -3.20. The van der Waals surface area contributed by atoms with E-state index in [0.717, 1.165) is 25.0 Å². The van der Waals surface area contributed by atoms with Gasteiger partial charge in [-0.2, -0.15) is 8.78 Å². The van der Waals surface area contributed by atoms with Crippen LogP contribution in [-0.4, -0.2) is 72.6 Å². The van der Waals surface area contributed by atoms with Gasteiger partial charge in [-0.25, -0.2) is 0 Å². The van der Waals surface area contributed by atoms with Gasteiger partial charge in [-0.05, 0) is 44.6 Å². The third-order valence-electron chi connectivity index (χ3n) is 7.85. The first-order valence-corrected chi connectivity index (χ1v) is 17.2. The van der Waals surface area contributed by atoms with Gasteiger partial charge in [0.2, 0.25) is 17.7 Å². The fourth-order valence-electron chi connectivity index (χ4n) is 5.50. The van der Waals surface area contributed by atoms with Crippen LogP contribution in [0.2, 0.25) is 0 Å². The second-order valence-electron chi connectivity index (χ2n) is 11.4. The van der Waals surface area contributed by atoms with Crippen LogP contribution in [0.15, 0.2) is 24.3 Å². The van der Waals surface area contributed by atoms with E-state index in [-0.39, 0.29) is 32.5 Å². The lowest BCUT2D eigenvalue weighted by Crippen LogP contribution is -2.54. The lowest BCUT2D eigenvalue weighted by Gasteiger charge is -2.28. The topological polar surface area (TPSA) is 151 Å². The van der Waals surface area contributed by atoms with Crippen molar-refractivity contribution >= 4 is 31.3 Å². The molecule has 1 aromatic rings. The van der Waals surface area contributed by atoms with E-state index in [1.54, 1.807) is 7.05 Å². The number of alkyl halides is 2. The number of amides is 3. The van der Waals surface area contributed by atoms with E-state index in [9.17, 15) is 28.8 Å². The van der Waals surface area contributed by atoms with Crippen LogP contribution in [0.1, 0.15) is 89.7 Å². The summed E-state index contributed by atoms with van der Waals surface area (Å²) in [5, 5.41) is 14.4. The highest BCUT2D eigenvalue weighted by atomic mass is 31.2. The van der Waals surface area contributed by atoms with Gasteiger partial charge in [0.1, 0.15) is 12.1 Å². The highest BCUT2D eigenvalue weighted by molar-refractivity contribution is 7.54. The van der Waals surface area contributed by atoms with Crippen molar-refractivity contribution in [2.75, 3.05) is 26.8 Å². The zero-order valence-electron chi connectivity index (χ0n) is 26.7. The number of aliphatic carboxylic acids is 1. The highest BCUT2D eigenvalue weighted by Crippen LogP contribution is 2.66. The Hall–Kier alpha value is -2.89. The quantitative estimate of drug-likeness (QED) is 0.171. The van der Waals surface area contributed by atoms with E-state index in [4.69, 9.17) is 9.05 Å². The molecule has 14 heteroatoms.